The maximum Gasteiger partial charge on any atom is 0.321 e. The number of carbonyl (C=O) groups is 1. The van der Waals surface area contributed by atoms with E-state index >= 15 is 0 Å². The van der Waals surface area contributed by atoms with E-state index in [0.717, 1.165) is 17.8 Å². The van der Waals surface area contributed by atoms with Gasteiger partial charge < -0.3 is 10.1 Å². The molecular weight excluding hydrogens is 204 g/mol. The molecule has 1 saturated heterocycles. The van der Waals surface area contributed by atoms with Crippen molar-refractivity contribution in [2.75, 3.05) is 25.1 Å². The van der Waals surface area contributed by atoms with Crippen molar-refractivity contribution in [3.05, 3.63) is 29.8 Å². The number of carbonyl (C=O) groups excluding carboxylic acids is 1. The van der Waals surface area contributed by atoms with Crippen molar-refractivity contribution >= 4 is 11.7 Å². The topological polar surface area (TPSA) is 41.6 Å². The molecule has 1 fully saturated rings. The molecule has 1 heterocycles. The molecule has 1 aliphatic rings. The van der Waals surface area contributed by atoms with E-state index in [-0.39, 0.29) is 12.1 Å². The van der Waals surface area contributed by atoms with Crippen LogP contribution in [0.4, 0.5) is 10.5 Å². The maximum absolute atomic E-state index is 11.5. The normalized spacial score (nSPS) is 17.4. The van der Waals surface area contributed by atoms with Crippen LogP contribution in [0.15, 0.2) is 24.3 Å². The number of nitrogens with zero attached hydrogens (tertiary/aromatic N) is 1. The molecule has 0 aromatic heterocycles. The number of hydrogen-bond acceptors (Lipinski definition) is 2. The molecule has 1 aromatic rings. The summed E-state index contributed by atoms with van der Waals surface area (Å²) in [4.78, 5) is 13.3. The highest BCUT2D eigenvalue weighted by atomic mass is 16.5. The van der Waals surface area contributed by atoms with E-state index in [1.54, 1.807) is 12.0 Å². The van der Waals surface area contributed by atoms with Gasteiger partial charge in [0.1, 0.15) is 0 Å². The van der Waals surface area contributed by atoms with Crippen molar-refractivity contribution in [1.82, 2.24) is 5.32 Å². The summed E-state index contributed by atoms with van der Waals surface area (Å²) in [6.07, 6.45) is 0.0469. The Morgan fingerprint density at radius 1 is 1.50 bits per heavy atom. The zero-order valence-corrected chi connectivity index (χ0v) is 9.56. The zero-order valence-electron chi connectivity index (χ0n) is 9.56. The van der Waals surface area contributed by atoms with Gasteiger partial charge in [-0.25, -0.2) is 4.79 Å². The van der Waals surface area contributed by atoms with Gasteiger partial charge in [0.2, 0.25) is 0 Å². The molecule has 0 bridgehead atoms. The second-order valence-corrected chi connectivity index (χ2v) is 3.86. The molecule has 0 aliphatic carbocycles. The Morgan fingerprint density at radius 3 is 2.94 bits per heavy atom. The Morgan fingerprint density at radius 2 is 2.31 bits per heavy atom. The second kappa shape index (κ2) is 4.53. The molecule has 2 amide bonds. The molecule has 1 aliphatic heterocycles. The fourth-order valence-electron chi connectivity index (χ4n) is 1.80. The molecule has 4 nitrogen and oxygen atoms in total. The summed E-state index contributed by atoms with van der Waals surface area (Å²) in [5.74, 6) is 0. The minimum absolute atomic E-state index is 0.0257. The van der Waals surface area contributed by atoms with Crippen LogP contribution in [0.1, 0.15) is 18.6 Å². The molecule has 1 atom stereocenters. The Balaban J connectivity index is 2.25. The summed E-state index contributed by atoms with van der Waals surface area (Å²) in [5.41, 5.74) is 2.01. The van der Waals surface area contributed by atoms with Crippen LogP contribution in [0.5, 0.6) is 0 Å². The first-order valence-electron chi connectivity index (χ1n) is 5.40. The van der Waals surface area contributed by atoms with Gasteiger partial charge in [-0.3, -0.25) is 4.90 Å². The number of urea groups is 1. The molecule has 16 heavy (non-hydrogen) atoms. The van der Waals surface area contributed by atoms with E-state index in [2.05, 4.69) is 5.32 Å². The van der Waals surface area contributed by atoms with Crippen LogP contribution in [-0.2, 0) is 4.74 Å². The second-order valence-electron chi connectivity index (χ2n) is 3.86. The van der Waals surface area contributed by atoms with Crippen LogP contribution < -0.4 is 10.2 Å². The van der Waals surface area contributed by atoms with Gasteiger partial charge in [-0.1, -0.05) is 12.1 Å². The van der Waals surface area contributed by atoms with Gasteiger partial charge in [-0.05, 0) is 24.6 Å². The first-order chi connectivity index (χ1) is 7.72. The van der Waals surface area contributed by atoms with Crippen LogP contribution in [0.25, 0.3) is 0 Å². The summed E-state index contributed by atoms with van der Waals surface area (Å²) >= 11 is 0. The van der Waals surface area contributed by atoms with E-state index in [9.17, 15) is 4.79 Å². The highest BCUT2D eigenvalue weighted by molar-refractivity contribution is 5.94. The van der Waals surface area contributed by atoms with Crippen LogP contribution in [0.3, 0.4) is 0 Å². The lowest BCUT2D eigenvalue weighted by molar-refractivity contribution is 0.119. The molecule has 0 saturated carbocycles. The SMILES string of the molecule is CO[C@@H](C)c1cccc(N2CCNC2=O)c1. The van der Waals surface area contributed by atoms with Crippen LogP contribution >= 0.6 is 0 Å². The maximum atomic E-state index is 11.5. The van der Waals surface area contributed by atoms with E-state index in [1.165, 1.54) is 0 Å². The van der Waals surface area contributed by atoms with Gasteiger partial charge in [0.25, 0.3) is 0 Å². The minimum Gasteiger partial charge on any atom is -0.377 e. The van der Waals surface area contributed by atoms with Gasteiger partial charge in [0, 0.05) is 25.9 Å². The number of methoxy groups -OCH3 is 1. The highest BCUT2D eigenvalue weighted by Gasteiger charge is 2.21. The van der Waals surface area contributed by atoms with Crippen molar-refractivity contribution in [2.45, 2.75) is 13.0 Å². The molecular formula is C12H16N2O2. The largest absolute Gasteiger partial charge is 0.377 e. The molecule has 0 unspecified atom stereocenters. The number of rotatable bonds is 3. The Hall–Kier alpha value is -1.55. The predicted octanol–water partition coefficient (Wildman–Crippen LogP) is 1.92. The monoisotopic (exact) mass is 220 g/mol. The molecule has 0 spiro atoms. The van der Waals surface area contributed by atoms with Crippen molar-refractivity contribution in [3.8, 4) is 0 Å². The summed E-state index contributed by atoms with van der Waals surface area (Å²) in [5, 5.41) is 2.79. The summed E-state index contributed by atoms with van der Waals surface area (Å²) in [7, 11) is 1.68. The average Bonchev–Trinajstić information content (AvgIpc) is 2.74. The van der Waals surface area contributed by atoms with Crippen molar-refractivity contribution in [2.24, 2.45) is 0 Å². The molecule has 0 radical (unpaired) electrons. The lowest BCUT2D eigenvalue weighted by Crippen LogP contribution is -2.27. The smallest absolute Gasteiger partial charge is 0.321 e. The lowest BCUT2D eigenvalue weighted by atomic mass is 10.1. The van der Waals surface area contributed by atoms with Crippen LogP contribution in [0.2, 0.25) is 0 Å². The Kier molecular flexibility index (Phi) is 3.10. The van der Waals surface area contributed by atoms with Gasteiger partial charge >= 0.3 is 6.03 Å². The predicted molar refractivity (Wildman–Crippen MR) is 62.6 cm³/mol. The highest BCUT2D eigenvalue weighted by Crippen LogP contribution is 2.23. The Bertz CT molecular complexity index is 392. The fourth-order valence-corrected chi connectivity index (χ4v) is 1.80. The van der Waals surface area contributed by atoms with Crippen molar-refractivity contribution < 1.29 is 9.53 Å². The molecule has 4 heteroatoms. The molecule has 86 valence electrons. The summed E-state index contributed by atoms with van der Waals surface area (Å²) < 4.78 is 5.26. The van der Waals surface area contributed by atoms with E-state index < -0.39 is 0 Å². The molecule has 1 aromatic carbocycles. The number of nitrogens with one attached hydrogen (secondary N) is 1. The molecule has 2 rings (SSSR count). The third kappa shape index (κ3) is 2.02. The fraction of sp³-hybridized carbons (Fsp3) is 0.417. The van der Waals surface area contributed by atoms with Crippen molar-refractivity contribution in [3.63, 3.8) is 0 Å². The first kappa shape index (κ1) is 11.0. The first-order valence-corrected chi connectivity index (χ1v) is 5.40. The number of ether oxygens (including phenoxy) is 1. The third-order valence-electron chi connectivity index (χ3n) is 2.86. The average molecular weight is 220 g/mol. The number of benzene rings is 1. The zero-order chi connectivity index (χ0) is 11.5. The number of anilines is 1. The lowest BCUT2D eigenvalue weighted by Gasteiger charge is -2.17. The van der Waals surface area contributed by atoms with Gasteiger partial charge in [0.15, 0.2) is 0 Å². The third-order valence-corrected chi connectivity index (χ3v) is 2.86. The number of hydrogen-bond donors (Lipinski definition) is 1. The van der Waals surface area contributed by atoms with Crippen LogP contribution in [0, 0.1) is 0 Å². The van der Waals surface area contributed by atoms with Gasteiger partial charge in [-0.2, -0.15) is 0 Å². The summed E-state index contributed by atoms with van der Waals surface area (Å²) in [6.45, 7) is 3.43. The van der Waals surface area contributed by atoms with Gasteiger partial charge in [-0.15, -0.1) is 0 Å². The standard InChI is InChI=1S/C12H16N2O2/c1-9(16-2)10-4-3-5-11(8-10)14-7-6-13-12(14)15/h3-5,8-9H,6-7H2,1-2H3,(H,13,15)/t9-/m0/s1. The van der Waals surface area contributed by atoms with Crippen LogP contribution in [-0.4, -0.2) is 26.2 Å². The van der Waals surface area contributed by atoms with E-state index in [1.807, 2.05) is 31.2 Å². The van der Waals surface area contributed by atoms with Crippen molar-refractivity contribution in [1.29, 1.82) is 0 Å². The van der Waals surface area contributed by atoms with Gasteiger partial charge in [0.05, 0.1) is 6.10 Å². The van der Waals surface area contributed by atoms with E-state index in [0.29, 0.717) is 6.54 Å². The quantitative estimate of drug-likeness (QED) is 0.845. The van der Waals surface area contributed by atoms with E-state index in [4.69, 9.17) is 4.74 Å². The summed E-state index contributed by atoms with van der Waals surface area (Å²) in [6, 6.07) is 7.87. The number of amides is 2. The minimum atomic E-state index is -0.0257. The molecule has 1 N–H and O–H groups in total. The Labute approximate surface area is 95.2 Å².